The first-order valence-electron chi connectivity index (χ1n) is 6.41. The Morgan fingerprint density at radius 1 is 1.22 bits per heavy atom. The van der Waals surface area contributed by atoms with Crippen molar-refractivity contribution in [3.8, 4) is 0 Å². The molecule has 6 nitrogen and oxygen atoms in total. The second-order valence-electron chi connectivity index (χ2n) is 4.00. The zero-order valence-corrected chi connectivity index (χ0v) is 11.4. The highest BCUT2D eigenvalue weighted by Gasteiger charge is 2.10. The summed E-state index contributed by atoms with van der Waals surface area (Å²) in [7, 11) is 1.64. The molecule has 0 heterocycles. The lowest BCUT2D eigenvalue weighted by Gasteiger charge is -2.13. The largest absolute Gasteiger partial charge is 0.394 e. The van der Waals surface area contributed by atoms with Crippen LogP contribution < -0.4 is 10.6 Å². The van der Waals surface area contributed by atoms with Crippen molar-refractivity contribution >= 4 is 5.91 Å². The lowest BCUT2D eigenvalue weighted by Crippen LogP contribution is -2.43. The van der Waals surface area contributed by atoms with Crippen molar-refractivity contribution in [2.45, 2.75) is 25.8 Å². The van der Waals surface area contributed by atoms with Gasteiger partial charge in [-0.3, -0.25) is 4.79 Å². The molecule has 0 aromatic heterocycles. The third kappa shape index (κ3) is 10.5. The topological polar surface area (TPSA) is 79.8 Å². The molecule has 0 aromatic rings. The van der Waals surface area contributed by atoms with Gasteiger partial charge < -0.3 is 25.2 Å². The van der Waals surface area contributed by atoms with Gasteiger partial charge in [0, 0.05) is 26.9 Å². The molecule has 0 aliphatic heterocycles. The molecule has 0 fully saturated rings. The number of amides is 1. The van der Waals surface area contributed by atoms with Gasteiger partial charge in [-0.1, -0.05) is 0 Å². The first kappa shape index (κ1) is 17.3. The summed E-state index contributed by atoms with van der Waals surface area (Å²) >= 11 is 0. The summed E-state index contributed by atoms with van der Waals surface area (Å²) in [5.41, 5.74) is 0. The van der Waals surface area contributed by atoms with Crippen LogP contribution in [0.25, 0.3) is 0 Å². The third-order valence-corrected chi connectivity index (χ3v) is 2.37. The summed E-state index contributed by atoms with van der Waals surface area (Å²) in [5, 5.41) is 14.4. The van der Waals surface area contributed by atoms with E-state index in [4.69, 9.17) is 14.6 Å². The van der Waals surface area contributed by atoms with Crippen molar-refractivity contribution in [3.05, 3.63) is 0 Å². The molecule has 0 saturated carbocycles. The van der Waals surface area contributed by atoms with Gasteiger partial charge in [-0.05, 0) is 26.3 Å². The predicted molar refractivity (Wildman–Crippen MR) is 69.5 cm³/mol. The van der Waals surface area contributed by atoms with Crippen LogP contribution in [0.2, 0.25) is 0 Å². The number of hydrogen-bond donors (Lipinski definition) is 3. The second-order valence-corrected chi connectivity index (χ2v) is 4.00. The van der Waals surface area contributed by atoms with Crippen molar-refractivity contribution in [1.29, 1.82) is 0 Å². The van der Waals surface area contributed by atoms with E-state index in [9.17, 15) is 4.79 Å². The molecule has 0 saturated heterocycles. The van der Waals surface area contributed by atoms with Crippen LogP contribution in [0.5, 0.6) is 0 Å². The van der Waals surface area contributed by atoms with E-state index in [1.54, 1.807) is 7.11 Å². The van der Waals surface area contributed by atoms with Crippen LogP contribution in [0.15, 0.2) is 0 Å². The number of hydrogen-bond acceptors (Lipinski definition) is 5. The molecule has 6 heteroatoms. The maximum absolute atomic E-state index is 11.6. The average molecular weight is 262 g/mol. The number of rotatable bonds is 12. The zero-order valence-electron chi connectivity index (χ0n) is 11.4. The molecule has 0 aliphatic carbocycles. The highest BCUT2D eigenvalue weighted by molar-refractivity contribution is 5.81. The van der Waals surface area contributed by atoms with Gasteiger partial charge in [0.2, 0.25) is 5.91 Å². The van der Waals surface area contributed by atoms with E-state index in [-0.39, 0.29) is 18.6 Å². The minimum Gasteiger partial charge on any atom is -0.394 e. The van der Waals surface area contributed by atoms with Gasteiger partial charge >= 0.3 is 0 Å². The number of carbonyl (C=O) groups excluding carboxylic acids is 1. The van der Waals surface area contributed by atoms with Crippen LogP contribution in [0.3, 0.4) is 0 Å². The van der Waals surface area contributed by atoms with Gasteiger partial charge in [-0.15, -0.1) is 0 Å². The molecule has 1 atom stereocenters. The van der Waals surface area contributed by atoms with Crippen molar-refractivity contribution in [2.75, 3.05) is 46.6 Å². The number of aliphatic hydroxyl groups is 1. The van der Waals surface area contributed by atoms with E-state index >= 15 is 0 Å². The van der Waals surface area contributed by atoms with E-state index in [1.165, 1.54) is 0 Å². The minimum absolute atomic E-state index is 0.00220. The Morgan fingerprint density at radius 3 is 2.61 bits per heavy atom. The molecule has 1 unspecified atom stereocenters. The van der Waals surface area contributed by atoms with Gasteiger partial charge in [0.05, 0.1) is 19.3 Å². The fourth-order valence-corrected chi connectivity index (χ4v) is 1.33. The second kappa shape index (κ2) is 12.8. The van der Waals surface area contributed by atoms with Crippen LogP contribution in [-0.2, 0) is 14.3 Å². The van der Waals surface area contributed by atoms with Crippen molar-refractivity contribution < 1.29 is 19.4 Å². The Labute approximate surface area is 109 Å². The molecule has 0 rings (SSSR count). The fraction of sp³-hybridized carbons (Fsp3) is 0.917. The number of aliphatic hydroxyl groups excluding tert-OH is 1. The molecular weight excluding hydrogens is 236 g/mol. The maximum Gasteiger partial charge on any atom is 0.236 e. The van der Waals surface area contributed by atoms with Crippen LogP contribution in [0, 0.1) is 0 Å². The fourth-order valence-electron chi connectivity index (χ4n) is 1.33. The molecule has 0 aliphatic rings. The first-order chi connectivity index (χ1) is 8.72. The molecule has 0 aromatic carbocycles. The Morgan fingerprint density at radius 2 is 1.94 bits per heavy atom. The Bertz CT molecular complexity index is 203. The Kier molecular flexibility index (Phi) is 12.3. The number of carbonyl (C=O) groups is 1. The van der Waals surface area contributed by atoms with E-state index in [0.29, 0.717) is 26.4 Å². The predicted octanol–water partition coefficient (Wildman–Crippen LogP) is -0.484. The van der Waals surface area contributed by atoms with E-state index in [1.807, 2.05) is 6.92 Å². The average Bonchev–Trinajstić information content (AvgIpc) is 2.38. The van der Waals surface area contributed by atoms with Gasteiger partial charge in [-0.25, -0.2) is 0 Å². The van der Waals surface area contributed by atoms with E-state index in [2.05, 4.69) is 10.6 Å². The standard InChI is InChI=1S/C12H26N2O4/c1-11(12(16)14-6-3-8-17-2)13-5-4-9-18-10-7-15/h11,13,15H,3-10H2,1-2H3,(H,14,16). The van der Waals surface area contributed by atoms with Gasteiger partial charge in [0.15, 0.2) is 0 Å². The zero-order chi connectivity index (χ0) is 13.6. The van der Waals surface area contributed by atoms with Crippen molar-refractivity contribution in [1.82, 2.24) is 10.6 Å². The summed E-state index contributed by atoms with van der Waals surface area (Å²) in [5.74, 6) is 0.00220. The van der Waals surface area contributed by atoms with Crippen molar-refractivity contribution in [3.63, 3.8) is 0 Å². The Balaban J connectivity index is 3.38. The Hall–Kier alpha value is -0.690. The lowest BCUT2D eigenvalue weighted by atomic mass is 10.3. The molecule has 18 heavy (non-hydrogen) atoms. The molecule has 0 bridgehead atoms. The summed E-state index contributed by atoms with van der Waals surface area (Å²) in [6.07, 6.45) is 1.64. The maximum atomic E-state index is 11.6. The molecule has 3 N–H and O–H groups in total. The number of nitrogens with one attached hydrogen (secondary N) is 2. The normalized spacial score (nSPS) is 12.4. The van der Waals surface area contributed by atoms with Crippen LogP contribution in [0.1, 0.15) is 19.8 Å². The first-order valence-corrected chi connectivity index (χ1v) is 6.41. The molecule has 0 radical (unpaired) electrons. The summed E-state index contributed by atoms with van der Waals surface area (Å²) in [6.45, 7) is 4.86. The highest BCUT2D eigenvalue weighted by Crippen LogP contribution is 1.86. The van der Waals surface area contributed by atoms with Crippen molar-refractivity contribution in [2.24, 2.45) is 0 Å². The molecule has 0 spiro atoms. The van der Waals surface area contributed by atoms with Crippen LogP contribution >= 0.6 is 0 Å². The smallest absolute Gasteiger partial charge is 0.236 e. The van der Waals surface area contributed by atoms with Gasteiger partial charge in [0.1, 0.15) is 0 Å². The van der Waals surface area contributed by atoms with Crippen LogP contribution in [0.4, 0.5) is 0 Å². The summed E-state index contributed by atoms with van der Waals surface area (Å²) < 4.78 is 10.0. The molecular formula is C12H26N2O4. The summed E-state index contributed by atoms with van der Waals surface area (Å²) in [6, 6.07) is -0.203. The van der Waals surface area contributed by atoms with Crippen LogP contribution in [-0.4, -0.2) is 63.7 Å². The minimum atomic E-state index is -0.203. The quantitative estimate of drug-likeness (QED) is 0.414. The number of ether oxygens (including phenoxy) is 2. The molecule has 108 valence electrons. The van der Waals surface area contributed by atoms with Gasteiger partial charge in [-0.2, -0.15) is 0 Å². The van der Waals surface area contributed by atoms with E-state index in [0.717, 1.165) is 19.4 Å². The monoisotopic (exact) mass is 262 g/mol. The third-order valence-electron chi connectivity index (χ3n) is 2.37. The highest BCUT2D eigenvalue weighted by atomic mass is 16.5. The summed E-state index contributed by atoms with van der Waals surface area (Å²) in [4.78, 5) is 11.6. The SMILES string of the molecule is COCCCNC(=O)C(C)NCCCOCCO. The lowest BCUT2D eigenvalue weighted by molar-refractivity contribution is -0.122. The number of methoxy groups -OCH3 is 1. The van der Waals surface area contributed by atoms with Gasteiger partial charge in [0.25, 0.3) is 0 Å². The van der Waals surface area contributed by atoms with E-state index < -0.39 is 0 Å². The molecule has 1 amide bonds.